The molecule has 2 aromatic carbocycles. The van der Waals surface area contributed by atoms with Crippen LogP contribution in [0.1, 0.15) is 56.6 Å². The van der Waals surface area contributed by atoms with Gasteiger partial charge in [-0.1, -0.05) is 55.1 Å². The van der Waals surface area contributed by atoms with Crippen LogP contribution in [0.25, 0.3) is 0 Å². The first-order chi connectivity index (χ1) is 18.2. The Balaban J connectivity index is 1.45. The largest absolute Gasteiger partial charge is 0.351 e. The number of anilines is 1. The van der Waals surface area contributed by atoms with E-state index in [1.165, 1.54) is 27.4 Å². The van der Waals surface area contributed by atoms with Crippen LogP contribution in [0.5, 0.6) is 0 Å². The second-order valence-corrected chi connectivity index (χ2v) is 12.5. The zero-order valence-corrected chi connectivity index (χ0v) is 22.6. The van der Waals surface area contributed by atoms with Crippen LogP contribution in [0, 0.1) is 11.7 Å². The quantitative estimate of drug-likeness (QED) is 0.452. The Bertz CT molecular complexity index is 1290. The Morgan fingerprint density at radius 2 is 1.71 bits per heavy atom. The summed E-state index contributed by atoms with van der Waals surface area (Å²) in [7, 11) is -3.54. The monoisotopic (exact) mass is 562 g/mol. The summed E-state index contributed by atoms with van der Waals surface area (Å²) in [5, 5.41) is 3.44. The smallest absolute Gasteiger partial charge is 0.279 e. The van der Waals surface area contributed by atoms with Crippen molar-refractivity contribution in [2.45, 2.75) is 63.1 Å². The lowest BCUT2D eigenvalue weighted by atomic mass is 9.79. The van der Waals surface area contributed by atoms with Crippen molar-refractivity contribution in [1.82, 2.24) is 14.3 Å². The molecule has 0 aromatic heterocycles. The van der Waals surface area contributed by atoms with E-state index in [1.54, 1.807) is 30.3 Å². The molecule has 2 amide bonds. The molecule has 0 bridgehead atoms. The molecule has 1 aliphatic heterocycles. The summed E-state index contributed by atoms with van der Waals surface area (Å²) in [5.41, 5.74) is 0.685. The Kier molecular flexibility index (Phi) is 8.04. The van der Waals surface area contributed by atoms with Crippen molar-refractivity contribution in [1.29, 1.82) is 0 Å². The van der Waals surface area contributed by atoms with Gasteiger partial charge in [-0.3, -0.25) is 14.5 Å². The van der Waals surface area contributed by atoms with Gasteiger partial charge >= 0.3 is 0 Å². The molecule has 2 aliphatic carbocycles. The van der Waals surface area contributed by atoms with Crippen molar-refractivity contribution >= 4 is 39.3 Å². The highest BCUT2D eigenvalue weighted by Crippen LogP contribution is 2.38. The number of hydrogen-bond donors (Lipinski definition) is 2. The summed E-state index contributed by atoms with van der Waals surface area (Å²) in [4.78, 5) is 29.2. The third kappa shape index (κ3) is 6.03. The molecular weight excluding hydrogens is 531 g/mol. The minimum Gasteiger partial charge on any atom is -0.351 e. The van der Waals surface area contributed by atoms with Crippen molar-refractivity contribution < 1.29 is 22.4 Å². The van der Waals surface area contributed by atoms with Gasteiger partial charge in [-0.2, -0.15) is 17.4 Å². The SMILES string of the molecule is O=C(NC1CCCCC1)[C@H](c1ccccc1Cl)N(c1cccc(F)c1)C(=O)[C@H]1C[C@H](NS(=O)(=O)N2CC2)C1. The summed E-state index contributed by atoms with van der Waals surface area (Å²) in [5.74, 6) is -1.82. The first-order valence-corrected chi connectivity index (χ1v) is 15.0. The number of benzene rings is 2. The average Bonchev–Trinajstić information content (AvgIpc) is 3.72. The highest BCUT2D eigenvalue weighted by molar-refractivity contribution is 7.87. The Hall–Kier alpha value is -2.53. The minimum atomic E-state index is -3.54. The predicted octanol–water partition coefficient (Wildman–Crippen LogP) is 3.93. The zero-order valence-electron chi connectivity index (χ0n) is 21.0. The van der Waals surface area contributed by atoms with Gasteiger partial charge in [-0.15, -0.1) is 0 Å². The average molecular weight is 563 g/mol. The first kappa shape index (κ1) is 27.1. The number of rotatable bonds is 9. The Morgan fingerprint density at radius 3 is 2.37 bits per heavy atom. The molecule has 1 saturated heterocycles. The van der Waals surface area contributed by atoms with Gasteiger partial charge in [0.25, 0.3) is 10.2 Å². The first-order valence-electron chi connectivity index (χ1n) is 13.1. The van der Waals surface area contributed by atoms with E-state index in [-0.39, 0.29) is 42.4 Å². The molecule has 0 radical (unpaired) electrons. The number of hydrogen-bond acceptors (Lipinski definition) is 4. The summed E-state index contributed by atoms with van der Waals surface area (Å²) in [6.45, 7) is 0.987. The zero-order chi connectivity index (χ0) is 26.9. The fourth-order valence-electron chi connectivity index (χ4n) is 5.33. The number of amides is 2. The summed E-state index contributed by atoms with van der Waals surface area (Å²) < 4.78 is 42.9. The second-order valence-electron chi connectivity index (χ2n) is 10.3. The fourth-order valence-corrected chi connectivity index (χ4v) is 6.89. The van der Waals surface area contributed by atoms with Gasteiger partial charge in [-0.25, -0.2) is 4.39 Å². The highest BCUT2D eigenvalue weighted by Gasteiger charge is 2.45. The summed E-state index contributed by atoms with van der Waals surface area (Å²) in [6, 6.07) is 11.0. The third-order valence-corrected chi connectivity index (χ3v) is 9.55. The van der Waals surface area contributed by atoms with Crippen LogP contribution >= 0.6 is 11.6 Å². The van der Waals surface area contributed by atoms with E-state index >= 15 is 0 Å². The molecule has 2 N–H and O–H groups in total. The lowest BCUT2D eigenvalue weighted by molar-refractivity contribution is -0.130. The molecule has 3 fully saturated rings. The number of carbonyl (C=O) groups is 2. The molecule has 8 nitrogen and oxygen atoms in total. The Labute approximate surface area is 227 Å². The summed E-state index contributed by atoms with van der Waals surface area (Å²) >= 11 is 6.56. The van der Waals surface area contributed by atoms with Crippen molar-refractivity contribution in [2.24, 2.45) is 5.92 Å². The van der Waals surface area contributed by atoms with Gasteiger partial charge in [0.2, 0.25) is 11.8 Å². The van der Waals surface area contributed by atoms with E-state index in [0.717, 1.165) is 32.1 Å². The molecule has 204 valence electrons. The lowest BCUT2D eigenvalue weighted by Gasteiger charge is -2.40. The summed E-state index contributed by atoms with van der Waals surface area (Å²) in [6.07, 6.45) is 5.45. The van der Waals surface area contributed by atoms with Gasteiger partial charge in [0.05, 0.1) is 0 Å². The maximum Gasteiger partial charge on any atom is 0.279 e. The van der Waals surface area contributed by atoms with Crippen molar-refractivity contribution in [3.8, 4) is 0 Å². The standard InChI is InChI=1S/C27H32ClFN4O4S/c28-24-12-5-4-11-23(24)25(26(34)30-20-8-2-1-3-9-20)33(22-10-6-7-19(29)17-22)27(35)18-15-21(16-18)31-38(36,37)32-13-14-32/h4-7,10-12,17-18,20-21,25,31H,1-3,8-9,13-16H2,(H,30,34)/t18-,21-,25-/m0/s1. The van der Waals surface area contributed by atoms with Crippen LogP contribution in [0.3, 0.4) is 0 Å². The van der Waals surface area contributed by atoms with E-state index in [4.69, 9.17) is 11.6 Å². The molecule has 1 heterocycles. The van der Waals surface area contributed by atoms with Crippen LogP contribution in [0.2, 0.25) is 5.02 Å². The van der Waals surface area contributed by atoms with Gasteiger partial charge in [0.15, 0.2) is 0 Å². The number of nitrogens with zero attached hydrogens (tertiary/aromatic N) is 2. The van der Waals surface area contributed by atoms with E-state index in [2.05, 4.69) is 10.0 Å². The molecule has 11 heteroatoms. The molecule has 2 aromatic rings. The molecular formula is C27H32ClFN4O4S. The predicted molar refractivity (Wildman–Crippen MR) is 143 cm³/mol. The van der Waals surface area contributed by atoms with Gasteiger partial charge in [0, 0.05) is 47.4 Å². The van der Waals surface area contributed by atoms with Gasteiger partial charge in [0.1, 0.15) is 11.9 Å². The van der Waals surface area contributed by atoms with E-state index in [0.29, 0.717) is 23.7 Å². The van der Waals surface area contributed by atoms with Crippen LogP contribution in [-0.2, 0) is 19.8 Å². The molecule has 2 saturated carbocycles. The molecule has 0 spiro atoms. The molecule has 0 unspecified atom stereocenters. The lowest BCUT2D eigenvalue weighted by Crippen LogP contribution is -2.54. The van der Waals surface area contributed by atoms with Crippen LogP contribution in [-0.4, -0.2) is 49.7 Å². The Morgan fingerprint density at radius 1 is 1.00 bits per heavy atom. The number of halogens is 2. The fraction of sp³-hybridized carbons (Fsp3) is 0.481. The third-order valence-electron chi connectivity index (χ3n) is 7.53. The van der Waals surface area contributed by atoms with Gasteiger partial charge < -0.3 is 5.32 Å². The van der Waals surface area contributed by atoms with Crippen molar-refractivity contribution in [2.75, 3.05) is 18.0 Å². The van der Waals surface area contributed by atoms with Crippen molar-refractivity contribution in [3.05, 3.63) is 64.9 Å². The second kappa shape index (κ2) is 11.3. The number of carbonyl (C=O) groups excluding carboxylic acids is 2. The van der Waals surface area contributed by atoms with E-state index in [1.807, 2.05) is 0 Å². The molecule has 3 aliphatic rings. The molecule has 1 atom stereocenters. The van der Waals surface area contributed by atoms with Crippen LogP contribution < -0.4 is 14.9 Å². The number of nitrogens with one attached hydrogen (secondary N) is 2. The molecule has 38 heavy (non-hydrogen) atoms. The van der Waals surface area contributed by atoms with Crippen LogP contribution in [0.4, 0.5) is 10.1 Å². The highest BCUT2D eigenvalue weighted by atomic mass is 35.5. The van der Waals surface area contributed by atoms with Crippen LogP contribution in [0.15, 0.2) is 48.5 Å². The van der Waals surface area contributed by atoms with E-state index in [9.17, 15) is 22.4 Å². The minimum absolute atomic E-state index is 0.00869. The van der Waals surface area contributed by atoms with Gasteiger partial charge in [-0.05, 0) is 49.9 Å². The van der Waals surface area contributed by atoms with E-state index < -0.39 is 28.0 Å². The maximum atomic E-state index is 14.4. The normalized spacial score (nSPS) is 22.8. The molecule has 5 rings (SSSR count). The maximum absolute atomic E-state index is 14.4. The topological polar surface area (TPSA) is 98.6 Å². The van der Waals surface area contributed by atoms with Crippen molar-refractivity contribution in [3.63, 3.8) is 0 Å².